The van der Waals surface area contributed by atoms with Gasteiger partial charge in [0.05, 0.1) is 5.69 Å². The molecule has 0 bridgehead atoms. The number of hydrogen-bond acceptors (Lipinski definition) is 4. The topological polar surface area (TPSA) is 69.8 Å². The fraction of sp³-hybridized carbons (Fsp3) is 0.500. The molecule has 0 fully saturated rings. The van der Waals surface area contributed by atoms with E-state index in [2.05, 4.69) is 11.8 Å². The summed E-state index contributed by atoms with van der Waals surface area (Å²) in [4.78, 5) is 15.6. The number of nitrogens with zero attached hydrogens (tertiary/aromatic N) is 2. The standard InChI is InChI=1S/C14H21N3O2/c1-3-17(7-4-8-18)10-5-6-11-12(9-10)16(2)14(19)13(11)15/h5-6,9,13,18H,3-4,7-8,15H2,1-2H3. The van der Waals surface area contributed by atoms with Crippen LogP contribution in [0, 0.1) is 0 Å². The molecule has 1 aromatic rings. The van der Waals surface area contributed by atoms with E-state index >= 15 is 0 Å². The van der Waals surface area contributed by atoms with Crippen molar-refractivity contribution in [1.82, 2.24) is 0 Å². The maximum absolute atomic E-state index is 11.8. The largest absolute Gasteiger partial charge is 0.396 e. The minimum absolute atomic E-state index is 0.0643. The maximum Gasteiger partial charge on any atom is 0.248 e. The zero-order valence-corrected chi connectivity index (χ0v) is 11.5. The number of amides is 1. The van der Waals surface area contributed by atoms with E-state index in [0.29, 0.717) is 0 Å². The number of carbonyl (C=O) groups is 1. The number of aliphatic hydroxyl groups is 1. The van der Waals surface area contributed by atoms with E-state index in [0.717, 1.165) is 36.4 Å². The van der Waals surface area contributed by atoms with Gasteiger partial charge in [-0.3, -0.25) is 4.79 Å². The Balaban J connectivity index is 2.29. The van der Waals surface area contributed by atoms with Gasteiger partial charge < -0.3 is 20.6 Å². The monoisotopic (exact) mass is 263 g/mol. The third-order valence-corrected chi connectivity index (χ3v) is 3.64. The number of rotatable bonds is 5. The van der Waals surface area contributed by atoms with Crippen LogP contribution in [0.2, 0.25) is 0 Å². The normalized spacial score (nSPS) is 17.8. The molecule has 5 heteroatoms. The second-order valence-corrected chi connectivity index (χ2v) is 4.77. The SMILES string of the molecule is CCN(CCCO)c1ccc2c(c1)N(C)C(=O)C2N. The molecule has 1 aliphatic heterocycles. The molecule has 5 nitrogen and oxygen atoms in total. The van der Waals surface area contributed by atoms with Gasteiger partial charge in [-0.15, -0.1) is 0 Å². The highest BCUT2D eigenvalue weighted by Gasteiger charge is 2.32. The average Bonchev–Trinajstić information content (AvgIpc) is 2.65. The van der Waals surface area contributed by atoms with Crippen LogP contribution in [0.15, 0.2) is 18.2 Å². The first-order valence-electron chi connectivity index (χ1n) is 6.63. The van der Waals surface area contributed by atoms with Crippen molar-refractivity contribution in [2.45, 2.75) is 19.4 Å². The molecule has 2 rings (SSSR count). The molecule has 1 unspecified atom stereocenters. The molecule has 0 spiro atoms. The molecule has 0 aromatic heterocycles. The number of anilines is 2. The highest BCUT2D eigenvalue weighted by molar-refractivity contribution is 6.04. The smallest absolute Gasteiger partial charge is 0.248 e. The highest BCUT2D eigenvalue weighted by Crippen LogP contribution is 2.36. The molecule has 0 saturated heterocycles. The van der Waals surface area contributed by atoms with E-state index in [-0.39, 0.29) is 12.5 Å². The lowest BCUT2D eigenvalue weighted by molar-refractivity contribution is -0.118. The molecule has 104 valence electrons. The van der Waals surface area contributed by atoms with E-state index in [4.69, 9.17) is 10.8 Å². The molecular formula is C14H21N3O2. The van der Waals surface area contributed by atoms with Crippen LogP contribution in [0.1, 0.15) is 24.9 Å². The Morgan fingerprint density at radius 3 is 2.84 bits per heavy atom. The van der Waals surface area contributed by atoms with Gasteiger partial charge in [0.15, 0.2) is 0 Å². The van der Waals surface area contributed by atoms with Gasteiger partial charge in [-0.1, -0.05) is 6.07 Å². The van der Waals surface area contributed by atoms with Crippen molar-refractivity contribution < 1.29 is 9.90 Å². The Hall–Kier alpha value is -1.59. The van der Waals surface area contributed by atoms with Crippen LogP contribution in [0.4, 0.5) is 11.4 Å². The number of likely N-dealkylation sites (N-methyl/N-ethyl adjacent to an activating group) is 1. The molecule has 1 amide bonds. The van der Waals surface area contributed by atoms with Gasteiger partial charge in [0.2, 0.25) is 5.91 Å². The molecule has 3 N–H and O–H groups in total. The number of carbonyl (C=O) groups excluding carboxylic acids is 1. The van der Waals surface area contributed by atoms with E-state index in [1.165, 1.54) is 0 Å². The fourth-order valence-corrected chi connectivity index (χ4v) is 2.47. The first kappa shape index (κ1) is 13.8. The lowest BCUT2D eigenvalue weighted by atomic mass is 10.1. The van der Waals surface area contributed by atoms with E-state index < -0.39 is 6.04 Å². The van der Waals surface area contributed by atoms with Gasteiger partial charge in [-0.25, -0.2) is 0 Å². The van der Waals surface area contributed by atoms with Crippen molar-refractivity contribution in [2.24, 2.45) is 5.73 Å². The highest BCUT2D eigenvalue weighted by atomic mass is 16.3. The minimum Gasteiger partial charge on any atom is -0.396 e. The Morgan fingerprint density at radius 2 is 2.21 bits per heavy atom. The van der Waals surface area contributed by atoms with Gasteiger partial charge >= 0.3 is 0 Å². The molecule has 1 aliphatic rings. The maximum atomic E-state index is 11.8. The number of nitrogens with two attached hydrogens (primary N) is 1. The summed E-state index contributed by atoms with van der Waals surface area (Å²) in [5.41, 5.74) is 8.71. The summed E-state index contributed by atoms with van der Waals surface area (Å²) in [7, 11) is 1.75. The number of hydrogen-bond donors (Lipinski definition) is 2. The van der Waals surface area contributed by atoms with Gasteiger partial charge in [0, 0.05) is 38.0 Å². The average molecular weight is 263 g/mol. The van der Waals surface area contributed by atoms with Gasteiger partial charge in [-0.05, 0) is 25.5 Å². The third-order valence-electron chi connectivity index (χ3n) is 3.64. The van der Waals surface area contributed by atoms with Crippen molar-refractivity contribution >= 4 is 17.3 Å². The summed E-state index contributed by atoms with van der Waals surface area (Å²) in [5.74, 6) is -0.0643. The Kier molecular flexibility index (Phi) is 4.07. The molecule has 0 aliphatic carbocycles. The van der Waals surface area contributed by atoms with Crippen molar-refractivity contribution in [3.63, 3.8) is 0 Å². The predicted molar refractivity (Wildman–Crippen MR) is 76.4 cm³/mol. The summed E-state index contributed by atoms with van der Waals surface area (Å²) in [5, 5.41) is 8.93. The predicted octanol–water partition coefficient (Wildman–Crippen LogP) is 0.872. The van der Waals surface area contributed by atoms with Crippen LogP contribution in [-0.2, 0) is 4.79 Å². The number of fused-ring (bicyclic) bond motifs is 1. The first-order valence-corrected chi connectivity index (χ1v) is 6.63. The second kappa shape index (κ2) is 5.59. The summed E-state index contributed by atoms with van der Waals surface area (Å²) < 4.78 is 0. The quantitative estimate of drug-likeness (QED) is 0.827. The van der Waals surface area contributed by atoms with Gasteiger partial charge in [-0.2, -0.15) is 0 Å². The minimum atomic E-state index is -0.540. The summed E-state index contributed by atoms with van der Waals surface area (Å²) in [6.07, 6.45) is 0.735. The van der Waals surface area contributed by atoms with E-state index in [1.54, 1.807) is 11.9 Å². The fourth-order valence-electron chi connectivity index (χ4n) is 2.47. The van der Waals surface area contributed by atoms with Crippen LogP contribution in [0.25, 0.3) is 0 Å². The first-order chi connectivity index (χ1) is 9.10. The lowest BCUT2D eigenvalue weighted by Gasteiger charge is -2.24. The lowest BCUT2D eigenvalue weighted by Crippen LogP contribution is -2.28. The van der Waals surface area contributed by atoms with Crippen molar-refractivity contribution in [2.75, 3.05) is 36.5 Å². The molecule has 1 atom stereocenters. The zero-order valence-electron chi connectivity index (χ0n) is 11.5. The Bertz CT molecular complexity index is 476. The van der Waals surface area contributed by atoms with Crippen LogP contribution in [-0.4, -0.2) is 37.8 Å². The molecule has 1 heterocycles. The van der Waals surface area contributed by atoms with Gasteiger partial charge in [0.25, 0.3) is 0 Å². The molecule has 1 aromatic carbocycles. The molecular weight excluding hydrogens is 242 g/mol. The number of benzene rings is 1. The van der Waals surface area contributed by atoms with Crippen LogP contribution in [0.3, 0.4) is 0 Å². The summed E-state index contributed by atoms with van der Waals surface area (Å²) in [6, 6.07) is 5.38. The number of aliphatic hydroxyl groups excluding tert-OH is 1. The van der Waals surface area contributed by atoms with Crippen LogP contribution < -0.4 is 15.5 Å². The summed E-state index contributed by atoms with van der Waals surface area (Å²) >= 11 is 0. The van der Waals surface area contributed by atoms with Crippen molar-refractivity contribution in [1.29, 1.82) is 0 Å². The zero-order chi connectivity index (χ0) is 14.0. The van der Waals surface area contributed by atoms with Crippen LogP contribution in [0.5, 0.6) is 0 Å². The van der Waals surface area contributed by atoms with Crippen LogP contribution >= 0.6 is 0 Å². The second-order valence-electron chi connectivity index (χ2n) is 4.77. The third kappa shape index (κ3) is 2.43. The van der Waals surface area contributed by atoms with E-state index in [1.807, 2.05) is 18.2 Å². The Morgan fingerprint density at radius 1 is 1.47 bits per heavy atom. The van der Waals surface area contributed by atoms with Crippen molar-refractivity contribution in [3.8, 4) is 0 Å². The molecule has 19 heavy (non-hydrogen) atoms. The Labute approximate surface area is 113 Å². The summed E-state index contributed by atoms with van der Waals surface area (Å²) in [6.45, 7) is 3.92. The van der Waals surface area contributed by atoms with Crippen molar-refractivity contribution in [3.05, 3.63) is 23.8 Å². The van der Waals surface area contributed by atoms with Gasteiger partial charge in [0.1, 0.15) is 6.04 Å². The van der Waals surface area contributed by atoms with E-state index in [9.17, 15) is 4.79 Å². The molecule has 0 saturated carbocycles. The molecule has 0 radical (unpaired) electrons.